The van der Waals surface area contributed by atoms with Gasteiger partial charge in [-0.3, -0.25) is 4.99 Å². The first-order valence-electron chi connectivity index (χ1n) is 4.92. The largest absolute Gasteiger partial charge is 0.416 e. The molecule has 18 heavy (non-hydrogen) atoms. The van der Waals surface area contributed by atoms with Gasteiger partial charge in [-0.1, -0.05) is 23.4 Å². The van der Waals surface area contributed by atoms with E-state index in [1.54, 1.807) is 0 Å². The molecule has 0 fully saturated rings. The molecule has 0 aromatic heterocycles. The molecule has 96 valence electrons. The molecule has 1 aliphatic heterocycles. The van der Waals surface area contributed by atoms with Gasteiger partial charge in [-0.15, -0.1) is 10.2 Å². The van der Waals surface area contributed by atoms with Crippen LogP contribution in [0.15, 0.2) is 33.4 Å². The summed E-state index contributed by atoms with van der Waals surface area (Å²) in [5, 5.41) is 8.05. The summed E-state index contributed by atoms with van der Waals surface area (Å²) in [4.78, 5) is 4.01. The molecule has 1 aromatic rings. The molecule has 8 heteroatoms. The first kappa shape index (κ1) is 13.4. The lowest BCUT2D eigenvalue weighted by atomic mass is 10.2. The molecule has 3 nitrogen and oxygen atoms in total. The van der Waals surface area contributed by atoms with E-state index in [9.17, 15) is 13.2 Å². The molecule has 0 aliphatic carbocycles. The summed E-state index contributed by atoms with van der Waals surface area (Å²) in [6.07, 6.45) is -4.42. The van der Waals surface area contributed by atoms with Gasteiger partial charge in [0, 0.05) is 5.75 Å². The Morgan fingerprint density at radius 3 is 2.67 bits per heavy atom. The van der Waals surface area contributed by atoms with Crippen molar-refractivity contribution in [3.8, 4) is 0 Å². The summed E-state index contributed by atoms with van der Waals surface area (Å²) in [5.74, 6) is 0.810. The van der Waals surface area contributed by atoms with E-state index in [4.69, 9.17) is 11.6 Å². The number of azo groups is 1. The maximum absolute atomic E-state index is 12.5. The molecule has 0 spiro atoms. The summed E-state index contributed by atoms with van der Waals surface area (Å²) in [6.45, 7) is 0.648. The van der Waals surface area contributed by atoms with Crippen molar-refractivity contribution in [2.45, 2.75) is 6.18 Å². The third-order valence-electron chi connectivity index (χ3n) is 2.09. The molecule has 0 bridgehead atoms. The second-order valence-electron chi connectivity index (χ2n) is 3.38. The topological polar surface area (TPSA) is 37.1 Å². The normalized spacial score (nSPS) is 16.3. The average Bonchev–Trinajstić information content (AvgIpc) is 2.79. The maximum atomic E-state index is 12.5. The van der Waals surface area contributed by atoms with Gasteiger partial charge in [-0.05, 0) is 18.2 Å². The maximum Gasteiger partial charge on any atom is 0.416 e. The first-order valence-corrected chi connectivity index (χ1v) is 6.29. The molecular weight excluding hydrogens is 287 g/mol. The standard InChI is InChI=1S/C10H7ClF3N3S/c11-7-2-1-6(10(12,13)14)5-8(7)16-17-9-15-3-4-18-9/h1-2,5H,3-4H2/b17-16+. The summed E-state index contributed by atoms with van der Waals surface area (Å²) in [6, 6.07) is 2.93. The van der Waals surface area contributed by atoms with Crippen molar-refractivity contribution in [3.63, 3.8) is 0 Å². The minimum atomic E-state index is -4.42. The molecule has 0 saturated carbocycles. The van der Waals surface area contributed by atoms with E-state index < -0.39 is 11.7 Å². The quantitative estimate of drug-likeness (QED) is 0.700. The van der Waals surface area contributed by atoms with Crippen molar-refractivity contribution in [2.24, 2.45) is 15.2 Å². The Hall–Kier alpha value is -1.08. The van der Waals surface area contributed by atoms with Crippen molar-refractivity contribution in [3.05, 3.63) is 28.8 Å². The number of nitrogens with zero attached hydrogens (tertiary/aromatic N) is 3. The molecule has 1 aromatic carbocycles. The van der Waals surface area contributed by atoms with E-state index in [-0.39, 0.29) is 10.7 Å². The summed E-state index contributed by atoms with van der Waals surface area (Å²) in [7, 11) is 0. The van der Waals surface area contributed by atoms with Crippen LogP contribution in [0.1, 0.15) is 5.56 Å². The Morgan fingerprint density at radius 1 is 1.28 bits per heavy atom. The molecule has 0 radical (unpaired) electrons. The van der Waals surface area contributed by atoms with Gasteiger partial charge in [0.05, 0.1) is 17.1 Å². The Kier molecular flexibility index (Phi) is 3.91. The molecule has 0 amide bonds. The van der Waals surface area contributed by atoms with Crippen LogP contribution in [0.5, 0.6) is 0 Å². The van der Waals surface area contributed by atoms with Gasteiger partial charge in [-0.25, -0.2) is 0 Å². The smallest absolute Gasteiger partial charge is 0.258 e. The lowest BCUT2D eigenvalue weighted by Crippen LogP contribution is -2.04. The van der Waals surface area contributed by atoms with E-state index in [0.717, 1.165) is 24.0 Å². The molecular formula is C10H7ClF3N3S. The molecule has 0 saturated heterocycles. The van der Waals surface area contributed by atoms with Crippen LogP contribution in [0, 0.1) is 0 Å². The van der Waals surface area contributed by atoms with Crippen LogP contribution < -0.4 is 0 Å². The SMILES string of the molecule is FC(F)(F)c1ccc(Cl)c(/N=N/C2=NCCS2)c1. The van der Waals surface area contributed by atoms with Crippen LogP contribution in [0.25, 0.3) is 0 Å². The van der Waals surface area contributed by atoms with E-state index in [0.29, 0.717) is 11.7 Å². The number of benzene rings is 1. The second-order valence-corrected chi connectivity index (χ2v) is 4.85. The number of hydrogen-bond acceptors (Lipinski definition) is 4. The summed E-state index contributed by atoms with van der Waals surface area (Å²) in [5.41, 5.74) is -0.816. The fraction of sp³-hybridized carbons (Fsp3) is 0.300. The van der Waals surface area contributed by atoms with Crippen LogP contribution in [0.3, 0.4) is 0 Å². The van der Waals surface area contributed by atoms with Crippen molar-refractivity contribution in [1.29, 1.82) is 0 Å². The molecule has 2 rings (SSSR count). The number of aliphatic imine (C=N–C) groups is 1. The lowest BCUT2D eigenvalue weighted by molar-refractivity contribution is -0.137. The number of thioether (sulfide) groups is 1. The average molecular weight is 294 g/mol. The summed E-state index contributed by atoms with van der Waals surface area (Å²) < 4.78 is 37.5. The molecule has 1 heterocycles. The number of hydrogen-bond donors (Lipinski definition) is 0. The zero-order chi connectivity index (χ0) is 13.2. The predicted octanol–water partition coefficient (Wildman–Crippen LogP) is 4.55. The fourth-order valence-corrected chi connectivity index (χ4v) is 2.05. The van der Waals surface area contributed by atoms with E-state index in [2.05, 4.69) is 15.2 Å². The second kappa shape index (κ2) is 5.27. The van der Waals surface area contributed by atoms with Gasteiger partial charge in [0.1, 0.15) is 5.69 Å². The van der Waals surface area contributed by atoms with E-state index in [1.165, 1.54) is 11.8 Å². The number of amidine groups is 1. The van der Waals surface area contributed by atoms with Crippen LogP contribution >= 0.6 is 23.4 Å². The highest BCUT2D eigenvalue weighted by Gasteiger charge is 2.31. The third-order valence-corrected chi connectivity index (χ3v) is 3.26. The van der Waals surface area contributed by atoms with Gasteiger partial charge in [0.2, 0.25) is 5.17 Å². The van der Waals surface area contributed by atoms with Crippen LogP contribution in [0.2, 0.25) is 5.02 Å². The highest BCUT2D eigenvalue weighted by atomic mass is 35.5. The van der Waals surface area contributed by atoms with Crippen molar-refractivity contribution >= 4 is 34.2 Å². The Bertz CT molecular complexity index is 514. The first-order chi connectivity index (χ1) is 8.47. The third kappa shape index (κ3) is 3.23. The van der Waals surface area contributed by atoms with Gasteiger partial charge >= 0.3 is 6.18 Å². The predicted molar refractivity (Wildman–Crippen MR) is 65.7 cm³/mol. The zero-order valence-corrected chi connectivity index (χ0v) is 10.5. The zero-order valence-electron chi connectivity index (χ0n) is 8.91. The molecule has 0 unspecified atom stereocenters. The van der Waals surface area contributed by atoms with Gasteiger partial charge in [-0.2, -0.15) is 13.2 Å². The molecule has 0 atom stereocenters. The minimum Gasteiger partial charge on any atom is -0.258 e. The molecule has 1 aliphatic rings. The number of alkyl halides is 3. The van der Waals surface area contributed by atoms with Crippen molar-refractivity contribution in [1.82, 2.24) is 0 Å². The Labute approximate surface area is 110 Å². The van der Waals surface area contributed by atoms with Crippen molar-refractivity contribution in [2.75, 3.05) is 12.3 Å². The van der Waals surface area contributed by atoms with Crippen molar-refractivity contribution < 1.29 is 13.2 Å². The van der Waals surface area contributed by atoms with Crippen LogP contribution in [-0.2, 0) is 6.18 Å². The van der Waals surface area contributed by atoms with E-state index >= 15 is 0 Å². The lowest BCUT2D eigenvalue weighted by Gasteiger charge is -2.07. The van der Waals surface area contributed by atoms with Crippen LogP contribution in [-0.4, -0.2) is 17.5 Å². The monoisotopic (exact) mass is 293 g/mol. The van der Waals surface area contributed by atoms with Gasteiger partial charge in [0.15, 0.2) is 0 Å². The number of rotatable bonds is 1. The highest BCUT2D eigenvalue weighted by Crippen LogP contribution is 2.35. The number of halogens is 4. The van der Waals surface area contributed by atoms with Gasteiger partial charge in [0.25, 0.3) is 0 Å². The minimum absolute atomic E-state index is 0.0123. The van der Waals surface area contributed by atoms with Gasteiger partial charge < -0.3 is 0 Å². The van der Waals surface area contributed by atoms with Crippen LogP contribution in [0.4, 0.5) is 18.9 Å². The summed E-state index contributed by atoms with van der Waals surface area (Å²) >= 11 is 7.17. The molecule has 0 N–H and O–H groups in total. The fourth-order valence-electron chi connectivity index (χ4n) is 1.25. The van der Waals surface area contributed by atoms with E-state index in [1.807, 2.05) is 0 Å². The Morgan fingerprint density at radius 2 is 2.06 bits per heavy atom. The highest BCUT2D eigenvalue weighted by molar-refractivity contribution is 8.14. The Balaban J connectivity index is 2.26.